The number of aliphatic hydroxyl groups excluding tert-OH is 1. The first-order chi connectivity index (χ1) is 8.63. The van der Waals surface area contributed by atoms with E-state index in [2.05, 4.69) is 25.1 Å². The normalized spacial score (nSPS) is 12.4. The monoisotopic (exact) mass is 258 g/mol. The minimum atomic E-state index is -0.548. The van der Waals surface area contributed by atoms with Crippen LogP contribution in [0.2, 0.25) is 0 Å². The second kappa shape index (κ2) is 5.59. The van der Waals surface area contributed by atoms with Crippen LogP contribution in [0.15, 0.2) is 47.4 Å². The third-order valence-electron chi connectivity index (χ3n) is 3.16. The fourth-order valence-corrected chi connectivity index (χ4v) is 2.74. The summed E-state index contributed by atoms with van der Waals surface area (Å²) in [5, 5.41) is 10.6. The summed E-state index contributed by atoms with van der Waals surface area (Å²) in [6.45, 7) is 4.09. The Morgan fingerprint density at radius 2 is 1.72 bits per heavy atom. The molecule has 1 unspecified atom stereocenters. The zero-order valence-electron chi connectivity index (χ0n) is 11.0. The largest absolute Gasteiger partial charge is 0.384 e. The summed E-state index contributed by atoms with van der Waals surface area (Å²) >= 11 is 1.67. The number of rotatable bonds is 3. The molecule has 2 aromatic carbocycles. The minimum Gasteiger partial charge on any atom is -0.384 e. The summed E-state index contributed by atoms with van der Waals surface area (Å²) in [7, 11) is 0. The van der Waals surface area contributed by atoms with Gasteiger partial charge in [0.15, 0.2) is 0 Å². The Balaban J connectivity index is 2.47. The summed E-state index contributed by atoms with van der Waals surface area (Å²) in [5.74, 6) is 0. The summed E-state index contributed by atoms with van der Waals surface area (Å²) < 4.78 is 0. The Morgan fingerprint density at radius 3 is 2.44 bits per heavy atom. The first kappa shape index (κ1) is 13.2. The van der Waals surface area contributed by atoms with E-state index < -0.39 is 6.10 Å². The van der Waals surface area contributed by atoms with Crippen LogP contribution < -0.4 is 0 Å². The molecule has 0 aromatic heterocycles. The standard InChI is InChI=1S/C16H18OS/c1-11-8-9-12(2)14(10-11)16(17)13-6-4-5-7-15(13)18-3/h4-10,16-17H,1-3H3. The van der Waals surface area contributed by atoms with Gasteiger partial charge in [0, 0.05) is 4.90 Å². The third kappa shape index (κ3) is 2.60. The smallest absolute Gasteiger partial charge is 0.105 e. The maximum Gasteiger partial charge on any atom is 0.105 e. The Kier molecular flexibility index (Phi) is 4.10. The molecule has 18 heavy (non-hydrogen) atoms. The summed E-state index contributed by atoms with van der Waals surface area (Å²) in [5.41, 5.74) is 4.29. The van der Waals surface area contributed by atoms with E-state index in [9.17, 15) is 5.11 Å². The Bertz CT molecular complexity index is 549. The van der Waals surface area contributed by atoms with Gasteiger partial charge in [0.2, 0.25) is 0 Å². The van der Waals surface area contributed by atoms with Gasteiger partial charge in [0.25, 0.3) is 0 Å². The SMILES string of the molecule is CSc1ccccc1C(O)c1cc(C)ccc1C. The Morgan fingerprint density at radius 1 is 1.00 bits per heavy atom. The van der Waals surface area contributed by atoms with Crippen LogP contribution in [-0.2, 0) is 0 Å². The van der Waals surface area contributed by atoms with E-state index in [4.69, 9.17) is 0 Å². The van der Waals surface area contributed by atoms with Gasteiger partial charge in [-0.2, -0.15) is 0 Å². The van der Waals surface area contributed by atoms with Crippen molar-refractivity contribution in [2.24, 2.45) is 0 Å². The fraction of sp³-hybridized carbons (Fsp3) is 0.250. The predicted octanol–water partition coefficient (Wildman–Crippen LogP) is 4.11. The highest BCUT2D eigenvalue weighted by molar-refractivity contribution is 7.98. The lowest BCUT2D eigenvalue weighted by Gasteiger charge is -2.17. The molecule has 0 saturated carbocycles. The molecule has 2 heteroatoms. The van der Waals surface area contributed by atoms with Crippen LogP contribution in [0.25, 0.3) is 0 Å². The van der Waals surface area contributed by atoms with Crippen molar-refractivity contribution in [1.82, 2.24) is 0 Å². The molecule has 1 nitrogen and oxygen atoms in total. The van der Waals surface area contributed by atoms with Crippen molar-refractivity contribution in [3.8, 4) is 0 Å². The predicted molar refractivity (Wildman–Crippen MR) is 78.2 cm³/mol. The van der Waals surface area contributed by atoms with E-state index >= 15 is 0 Å². The molecule has 0 aliphatic rings. The van der Waals surface area contributed by atoms with Crippen LogP contribution in [0, 0.1) is 13.8 Å². The molecule has 0 radical (unpaired) electrons. The number of hydrogen-bond donors (Lipinski definition) is 1. The molecule has 0 amide bonds. The van der Waals surface area contributed by atoms with Crippen molar-refractivity contribution in [2.75, 3.05) is 6.26 Å². The van der Waals surface area contributed by atoms with Gasteiger partial charge in [-0.15, -0.1) is 11.8 Å². The number of thioether (sulfide) groups is 1. The minimum absolute atomic E-state index is 0.548. The van der Waals surface area contributed by atoms with Gasteiger partial charge < -0.3 is 5.11 Å². The van der Waals surface area contributed by atoms with Gasteiger partial charge in [-0.05, 0) is 42.9 Å². The van der Waals surface area contributed by atoms with Crippen molar-refractivity contribution >= 4 is 11.8 Å². The molecular weight excluding hydrogens is 240 g/mol. The molecule has 0 saturated heterocycles. The Hall–Kier alpha value is -1.25. The molecule has 0 fully saturated rings. The van der Waals surface area contributed by atoms with Crippen molar-refractivity contribution < 1.29 is 5.11 Å². The van der Waals surface area contributed by atoms with Gasteiger partial charge in [0.05, 0.1) is 0 Å². The molecular formula is C16H18OS. The second-order valence-corrected chi connectivity index (χ2v) is 5.35. The summed E-state index contributed by atoms with van der Waals surface area (Å²) in [6, 6.07) is 14.2. The van der Waals surface area contributed by atoms with Crippen LogP contribution in [-0.4, -0.2) is 11.4 Å². The molecule has 2 aromatic rings. The molecule has 0 spiro atoms. The molecule has 0 aliphatic heterocycles. The molecule has 0 aliphatic carbocycles. The van der Waals surface area contributed by atoms with Crippen molar-refractivity contribution in [3.63, 3.8) is 0 Å². The Labute approximate surface area is 113 Å². The van der Waals surface area contributed by atoms with Crippen molar-refractivity contribution in [2.45, 2.75) is 24.8 Å². The van der Waals surface area contributed by atoms with Crippen LogP contribution in [0.5, 0.6) is 0 Å². The summed E-state index contributed by atoms with van der Waals surface area (Å²) in [4.78, 5) is 1.13. The van der Waals surface area contributed by atoms with Crippen molar-refractivity contribution in [3.05, 3.63) is 64.7 Å². The van der Waals surface area contributed by atoms with Crippen LogP contribution in [0.3, 0.4) is 0 Å². The second-order valence-electron chi connectivity index (χ2n) is 4.50. The van der Waals surface area contributed by atoms with E-state index in [1.165, 1.54) is 5.56 Å². The quantitative estimate of drug-likeness (QED) is 0.836. The highest BCUT2D eigenvalue weighted by atomic mass is 32.2. The van der Waals surface area contributed by atoms with E-state index in [1.54, 1.807) is 11.8 Å². The number of benzene rings is 2. The number of aryl methyl sites for hydroxylation is 2. The fourth-order valence-electron chi connectivity index (χ4n) is 2.11. The van der Waals surface area contributed by atoms with Gasteiger partial charge in [-0.25, -0.2) is 0 Å². The van der Waals surface area contributed by atoms with Crippen molar-refractivity contribution in [1.29, 1.82) is 0 Å². The molecule has 0 heterocycles. The van der Waals surface area contributed by atoms with E-state index in [0.717, 1.165) is 21.6 Å². The lowest BCUT2D eigenvalue weighted by atomic mass is 9.96. The maximum absolute atomic E-state index is 10.6. The van der Waals surface area contributed by atoms with Crippen LogP contribution in [0.4, 0.5) is 0 Å². The van der Waals surface area contributed by atoms with Gasteiger partial charge in [0.1, 0.15) is 6.10 Å². The molecule has 94 valence electrons. The zero-order valence-corrected chi connectivity index (χ0v) is 11.8. The van der Waals surface area contributed by atoms with Gasteiger partial charge >= 0.3 is 0 Å². The van der Waals surface area contributed by atoms with Crippen LogP contribution in [0.1, 0.15) is 28.4 Å². The van der Waals surface area contributed by atoms with Gasteiger partial charge in [-0.1, -0.05) is 42.0 Å². The van der Waals surface area contributed by atoms with Crippen LogP contribution >= 0.6 is 11.8 Å². The lowest BCUT2D eigenvalue weighted by Crippen LogP contribution is -2.03. The zero-order chi connectivity index (χ0) is 13.1. The average molecular weight is 258 g/mol. The topological polar surface area (TPSA) is 20.2 Å². The molecule has 1 N–H and O–H groups in total. The third-order valence-corrected chi connectivity index (χ3v) is 3.97. The maximum atomic E-state index is 10.6. The highest BCUT2D eigenvalue weighted by Gasteiger charge is 2.15. The van der Waals surface area contributed by atoms with E-state index in [0.29, 0.717) is 0 Å². The first-order valence-corrected chi connectivity index (χ1v) is 7.24. The average Bonchev–Trinajstić information content (AvgIpc) is 2.40. The van der Waals surface area contributed by atoms with Gasteiger partial charge in [-0.3, -0.25) is 0 Å². The number of aliphatic hydroxyl groups is 1. The molecule has 1 atom stereocenters. The van der Waals surface area contributed by atoms with E-state index in [1.807, 2.05) is 37.4 Å². The number of hydrogen-bond acceptors (Lipinski definition) is 2. The first-order valence-electron chi connectivity index (χ1n) is 6.01. The molecule has 2 rings (SSSR count). The molecule has 0 bridgehead atoms. The lowest BCUT2D eigenvalue weighted by molar-refractivity contribution is 0.216. The van der Waals surface area contributed by atoms with E-state index in [-0.39, 0.29) is 0 Å². The highest BCUT2D eigenvalue weighted by Crippen LogP contribution is 2.31. The summed E-state index contributed by atoms with van der Waals surface area (Å²) in [6.07, 6.45) is 1.49.